The molecule has 16 heavy (non-hydrogen) atoms. The first kappa shape index (κ1) is 13.0. The van der Waals surface area contributed by atoms with Crippen molar-refractivity contribution in [2.24, 2.45) is 0 Å². The van der Waals surface area contributed by atoms with E-state index >= 15 is 0 Å². The first-order chi connectivity index (χ1) is 7.52. The van der Waals surface area contributed by atoms with Crippen molar-refractivity contribution in [1.82, 2.24) is 15.3 Å². The Balaban J connectivity index is 2.80. The van der Waals surface area contributed by atoms with Gasteiger partial charge in [-0.05, 0) is 20.8 Å². The molecule has 0 radical (unpaired) electrons. The minimum Gasteiger partial charge on any atom is -0.394 e. The molecule has 1 aromatic heterocycles. The van der Waals surface area contributed by atoms with E-state index in [1.165, 1.54) is 0 Å². The van der Waals surface area contributed by atoms with Crippen LogP contribution in [0.25, 0.3) is 0 Å². The third-order valence-electron chi connectivity index (χ3n) is 2.59. The second-order valence-corrected chi connectivity index (χ2v) is 4.27. The van der Waals surface area contributed by atoms with Gasteiger partial charge in [0.1, 0.15) is 0 Å². The Bertz CT molecular complexity index is 340. The molecule has 1 rings (SSSR count). The van der Waals surface area contributed by atoms with Crippen LogP contribution in [0.4, 0.5) is 0 Å². The lowest BCUT2D eigenvalue weighted by atomic mass is 10.0. The molecule has 0 saturated carbocycles. The van der Waals surface area contributed by atoms with E-state index in [9.17, 15) is 10.2 Å². The topological polar surface area (TPSA) is 78.3 Å². The lowest BCUT2D eigenvalue weighted by Gasteiger charge is -2.30. The Labute approximate surface area is 95.6 Å². The van der Waals surface area contributed by atoms with E-state index in [0.717, 1.165) is 11.4 Å². The van der Waals surface area contributed by atoms with Crippen LogP contribution in [-0.2, 0) is 0 Å². The molecule has 1 heterocycles. The van der Waals surface area contributed by atoms with Crippen molar-refractivity contribution in [3.63, 3.8) is 0 Å². The van der Waals surface area contributed by atoms with Crippen LogP contribution in [0.1, 0.15) is 31.3 Å². The summed E-state index contributed by atoms with van der Waals surface area (Å²) < 4.78 is 0. The molecule has 1 unspecified atom stereocenters. The fourth-order valence-electron chi connectivity index (χ4n) is 1.58. The van der Waals surface area contributed by atoms with Crippen LogP contribution in [0.15, 0.2) is 12.4 Å². The molecule has 0 fully saturated rings. The second kappa shape index (κ2) is 5.34. The number of aliphatic hydroxyl groups is 2. The van der Waals surface area contributed by atoms with Crippen LogP contribution in [0.5, 0.6) is 0 Å². The minimum atomic E-state index is -0.705. The number of aryl methyl sites for hydroxylation is 1. The number of aromatic nitrogens is 2. The van der Waals surface area contributed by atoms with Gasteiger partial charge in [0, 0.05) is 18.4 Å². The van der Waals surface area contributed by atoms with Crippen molar-refractivity contribution in [2.45, 2.75) is 32.4 Å². The Kier molecular flexibility index (Phi) is 4.35. The van der Waals surface area contributed by atoms with E-state index in [1.807, 2.05) is 13.8 Å². The van der Waals surface area contributed by atoms with Crippen LogP contribution in [0, 0.1) is 6.92 Å². The van der Waals surface area contributed by atoms with Crippen molar-refractivity contribution >= 4 is 0 Å². The van der Waals surface area contributed by atoms with E-state index in [4.69, 9.17) is 0 Å². The molecule has 0 amide bonds. The predicted molar refractivity (Wildman–Crippen MR) is 60.9 cm³/mol. The van der Waals surface area contributed by atoms with Gasteiger partial charge in [0.05, 0.1) is 30.1 Å². The van der Waals surface area contributed by atoms with Crippen LogP contribution >= 0.6 is 0 Å². The first-order valence-corrected chi connectivity index (χ1v) is 5.29. The maximum Gasteiger partial charge on any atom is 0.0782 e. The summed E-state index contributed by atoms with van der Waals surface area (Å²) in [5.74, 6) is 0. The largest absolute Gasteiger partial charge is 0.394 e. The molecular weight excluding hydrogens is 206 g/mol. The molecule has 0 aromatic carbocycles. The van der Waals surface area contributed by atoms with Gasteiger partial charge in [0.25, 0.3) is 0 Å². The van der Waals surface area contributed by atoms with Crippen LogP contribution in [-0.4, -0.2) is 38.9 Å². The average Bonchev–Trinajstić information content (AvgIpc) is 2.29. The van der Waals surface area contributed by atoms with Gasteiger partial charge in [-0.3, -0.25) is 15.3 Å². The number of nitrogens with one attached hydrogen (secondary N) is 1. The maximum atomic E-state index is 9.19. The molecule has 5 nitrogen and oxygen atoms in total. The Morgan fingerprint density at radius 1 is 1.31 bits per heavy atom. The van der Waals surface area contributed by atoms with Crippen molar-refractivity contribution in [2.75, 3.05) is 13.2 Å². The minimum absolute atomic E-state index is 0.0713. The molecule has 0 spiro atoms. The fraction of sp³-hybridized carbons (Fsp3) is 0.636. The average molecular weight is 225 g/mol. The Hall–Kier alpha value is -1.04. The summed E-state index contributed by atoms with van der Waals surface area (Å²) >= 11 is 0. The van der Waals surface area contributed by atoms with Crippen LogP contribution < -0.4 is 5.32 Å². The van der Waals surface area contributed by atoms with Crippen molar-refractivity contribution in [3.05, 3.63) is 23.8 Å². The van der Waals surface area contributed by atoms with Gasteiger partial charge in [-0.1, -0.05) is 0 Å². The number of rotatable bonds is 5. The predicted octanol–water partition coefficient (Wildman–Crippen LogP) is 0.179. The number of nitrogens with zero attached hydrogens (tertiary/aromatic N) is 2. The lowest BCUT2D eigenvalue weighted by Crippen LogP contribution is -2.50. The van der Waals surface area contributed by atoms with E-state index in [2.05, 4.69) is 15.3 Å². The Morgan fingerprint density at radius 3 is 2.38 bits per heavy atom. The first-order valence-electron chi connectivity index (χ1n) is 5.29. The molecule has 0 saturated heterocycles. The Morgan fingerprint density at radius 2 is 1.88 bits per heavy atom. The van der Waals surface area contributed by atoms with Crippen molar-refractivity contribution in [3.8, 4) is 0 Å². The van der Waals surface area contributed by atoms with Gasteiger partial charge in [-0.15, -0.1) is 0 Å². The molecule has 0 bridgehead atoms. The molecule has 1 atom stereocenters. The lowest BCUT2D eigenvalue weighted by molar-refractivity contribution is 0.0952. The van der Waals surface area contributed by atoms with Gasteiger partial charge < -0.3 is 10.2 Å². The summed E-state index contributed by atoms with van der Waals surface area (Å²) in [5.41, 5.74) is 0.972. The third kappa shape index (κ3) is 2.98. The highest BCUT2D eigenvalue weighted by atomic mass is 16.3. The molecule has 5 heteroatoms. The van der Waals surface area contributed by atoms with Crippen molar-refractivity contribution in [1.29, 1.82) is 0 Å². The third-order valence-corrected chi connectivity index (χ3v) is 2.59. The van der Waals surface area contributed by atoms with E-state index < -0.39 is 5.54 Å². The van der Waals surface area contributed by atoms with Gasteiger partial charge in [-0.25, -0.2) is 0 Å². The standard InChI is InChI=1S/C11H19N3O2/c1-8-10(13-5-4-12-8)9(2)14-11(3,6-15)7-16/h4-5,9,14-16H,6-7H2,1-3H3. The normalized spacial score (nSPS) is 13.8. The highest BCUT2D eigenvalue weighted by Gasteiger charge is 2.25. The SMILES string of the molecule is Cc1nccnc1C(C)NC(C)(CO)CO. The van der Waals surface area contributed by atoms with Gasteiger partial charge in [0.15, 0.2) is 0 Å². The fourth-order valence-corrected chi connectivity index (χ4v) is 1.58. The monoisotopic (exact) mass is 225 g/mol. The maximum absolute atomic E-state index is 9.19. The van der Waals surface area contributed by atoms with E-state index in [1.54, 1.807) is 19.3 Å². The molecule has 0 aliphatic carbocycles. The highest BCUT2D eigenvalue weighted by Crippen LogP contribution is 2.15. The quantitative estimate of drug-likeness (QED) is 0.666. The molecule has 0 aliphatic heterocycles. The van der Waals surface area contributed by atoms with Gasteiger partial charge in [0.2, 0.25) is 0 Å². The summed E-state index contributed by atoms with van der Waals surface area (Å²) in [4.78, 5) is 8.40. The summed E-state index contributed by atoms with van der Waals surface area (Å²) in [7, 11) is 0. The summed E-state index contributed by atoms with van der Waals surface area (Å²) in [6.07, 6.45) is 3.28. The van der Waals surface area contributed by atoms with E-state index in [0.29, 0.717) is 0 Å². The highest BCUT2D eigenvalue weighted by molar-refractivity contribution is 5.13. The second-order valence-electron chi connectivity index (χ2n) is 4.27. The molecule has 0 aliphatic rings. The summed E-state index contributed by atoms with van der Waals surface area (Å²) in [6, 6.07) is -0.0713. The number of hydrogen-bond donors (Lipinski definition) is 3. The number of hydrogen-bond acceptors (Lipinski definition) is 5. The van der Waals surface area contributed by atoms with E-state index in [-0.39, 0.29) is 19.3 Å². The zero-order valence-electron chi connectivity index (χ0n) is 9.94. The summed E-state index contributed by atoms with van der Waals surface area (Å²) in [6.45, 7) is 5.31. The van der Waals surface area contributed by atoms with Gasteiger partial charge in [-0.2, -0.15) is 0 Å². The molecule has 90 valence electrons. The molecule has 3 N–H and O–H groups in total. The number of aliphatic hydroxyl groups excluding tert-OH is 2. The summed E-state index contributed by atoms with van der Waals surface area (Å²) in [5, 5.41) is 21.5. The molecular formula is C11H19N3O2. The molecule has 1 aromatic rings. The van der Waals surface area contributed by atoms with Gasteiger partial charge >= 0.3 is 0 Å². The zero-order chi connectivity index (χ0) is 12.2. The van der Waals surface area contributed by atoms with Crippen molar-refractivity contribution < 1.29 is 10.2 Å². The smallest absolute Gasteiger partial charge is 0.0782 e. The van der Waals surface area contributed by atoms with Crippen LogP contribution in [0.2, 0.25) is 0 Å². The van der Waals surface area contributed by atoms with Crippen LogP contribution in [0.3, 0.4) is 0 Å². The zero-order valence-corrected chi connectivity index (χ0v) is 9.94.